The number of halogens is 3. The van der Waals surface area contributed by atoms with Gasteiger partial charge in [0.1, 0.15) is 11.6 Å². The lowest BCUT2D eigenvalue weighted by molar-refractivity contribution is 0.553. The molecular formula is C16H16ClF2N. The summed E-state index contributed by atoms with van der Waals surface area (Å²) in [6.07, 6.45) is 0. The number of nitrogens with one attached hydrogen (secondary N) is 1. The van der Waals surface area contributed by atoms with E-state index in [9.17, 15) is 8.78 Å². The van der Waals surface area contributed by atoms with Crippen molar-refractivity contribution in [3.05, 3.63) is 69.2 Å². The topological polar surface area (TPSA) is 12.0 Å². The minimum atomic E-state index is -0.441. The van der Waals surface area contributed by atoms with Crippen LogP contribution in [0.25, 0.3) is 0 Å². The highest BCUT2D eigenvalue weighted by Crippen LogP contribution is 2.30. The fourth-order valence-corrected chi connectivity index (χ4v) is 2.48. The van der Waals surface area contributed by atoms with Gasteiger partial charge in [-0.15, -0.1) is 0 Å². The van der Waals surface area contributed by atoms with Crippen LogP contribution in [-0.2, 0) is 0 Å². The monoisotopic (exact) mass is 295 g/mol. The predicted molar refractivity (Wildman–Crippen MR) is 78.2 cm³/mol. The van der Waals surface area contributed by atoms with Gasteiger partial charge in [0.05, 0.1) is 6.04 Å². The molecule has 0 spiro atoms. The molecule has 0 heterocycles. The summed E-state index contributed by atoms with van der Waals surface area (Å²) in [5, 5.41) is 3.63. The van der Waals surface area contributed by atoms with Gasteiger partial charge in [0, 0.05) is 10.6 Å². The van der Waals surface area contributed by atoms with Crippen LogP contribution in [0.4, 0.5) is 8.78 Å². The molecule has 0 fully saturated rings. The maximum Gasteiger partial charge on any atom is 0.128 e. The van der Waals surface area contributed by atoms with E-state index in [0.717, 1.165) is 11.1 Å². The Morgan fingerprint density at radius 3 is 2.40 bits per heavy atom. The Hall–Kier alpha value is -1.45. The summed E-state index contributed by atoms with van der Waals surface area (Å²) in [6, 6.07) is 7.46. The summed E-state index contributed by atoms with van der Waals surface area (Å²) in [5.74, 6) is -0.844. The summed E-state index contributed by atoms with van der Waals surface area (Å²) in [4.78, 5) is 0. The van der Waals surface area contributed by atoms with Gasteiger partial charge in [-0.1, -0.05) is 23.7 Å². The molecule has 2 rings (SSSR count). The predicted octanol–water partition coefficient (Wildman–Crippen LogP) is 4.54. The molecule has 2 aromatic carbocycles. The molecule has 0 aliphatic heterocycles. The Bertz CT molecular complexity index is 641. The zero-order chi connectivity index (χ0) is 14.9. The fourth-order valence-electron chi connectivity index (χ4n) is 2.30. The van der Waals surface area contributed by atoms with Crippen LogP contribution in [0.15, 0.2) is 30.3 Å². The summed E-state index contributed by atoms with van der Waals surface area (Å²) >= 11 is 6.10. The first-order valence-corrected chi connectivity index (χ1v) is 6.71. The second-order valence-electron chi connectivity index (χ2n) is 4.80. The molecule has 0 aromatic heterocycles. The van der Waals surface area contributed by atoms with Gasteiger partial charge in [-0.25, -0.2) is 8.78 Å². The first kappa shape index (κ1) is 14.9. The van der Waals surface area contributed by atoms with Crippen molar-refractivity contribution in [2.24, 2.45) is 0 Å². The summed E-state index contributed by atoms with van der Waals surface area (Å²) in [6.45, 7) is 3.41. The third-order valence-electron chi connectivity index (χ3n) is 3.50. The van der Waals surface area contributed by atoms with Crippen molar-refractivity contribution in [2.45, 2.75) is 19.9 Å². The molecule has 1 atom stereocenters. The highest BCUT2D eigenvalue weighted by molar-refractivity contribution is 6.31. The third kappa shape index (κ3) is 2.69. The van der Waals surface area contributed by atoms with E-state index in [1.54, 1.807) is 26.1 Å². The average Bonchev–Trinajstić information content (AvgIpc) is 2.41. The largest absolute Gasteiger partial charge is 0.309 e. The van der Waals surface area contributed by atoms with E-state index in [0.29, 0.717) is 10.6 Å². The highest BCUT2D eigenvalue weighted by atomic mass is 35.5. The molecule has 0 bridgehead atoms. The second-order valence-corrected chi connectivity index (χ2v) is 5.21. The molecule has 0 aliphatic carbocycles. The van der Waals surface area contributed by atoms with Gasteiger partial charge in [0.25, 0.3) is 0 Å². The van der Waals surface area contributed by atoms with Crippen molar-refractivity contribution in [1.29, 1.82) is 0 Å². The molecule has 1 nitrogen and oxygen atoms in total. The minimum Gasteiger partial charge on any atom is -0.309 e. The first-order chi connectivity index (χ1) is 9.45. The van der Waals surface area contributed by atoms with Crippen molar-refractivity contribution >= 4 is 11.6 Å². The number of rotatable bonds is 3. The summed E-state index contributed by atoms with van der Waals surface area (Å²) < 4.78 is 27.9. The zero-order valence-electron chi connectivity index (χ0n) is 11.6. The van der Waals surface area contributed by atoms with Crippen LogP contribution in [0.2, 0.25) is 5.02 Å². The molecule has 106 valence electrons. The molecule has 2 aromatic rings. The lowest BCUT2D eigenvalue weighted by Gasteiger charge is -2.21. The lowest BCUT2D eigenvalue weighted by atomic mass is 9.94. The van der Waals surface area contributed by atoms with Gasteiger partial charge < -0.3 is 5.32 Å². The number of hydrogen-bond acceptors (Lipinski definition) is 1. The van der Waals surface area contributed by atoms with Crippen molar-refractivity contribution < 1.29 is 8.78 Å². The minimum absolute atomic E-state index is 0.279. The molecule has 1 unspecified atom stereocenters. The maximum absolute atomic E-state index is 14.1. The van der Waals surface area contributed by atoms with E-state index in [1.807, 2.05) is 13.0 Å². The van der Waals surface area contributed by atoms with E-state index < -0.39 is 17.7 Å². The van der Waals surface area contributed by atoms with Gasteiger partial charge in [0.15, 0.2) is 0 Å². The van der Waals surface area contributed by atoms with Crippen molar-refractivity contribution in [2.75, 3.05) is 7.05 Å². The summed E-state index contributed by atoms with van der Waals surface area (Å²) in [7, 11) is 1.71. The average molecular weight is 296 g/mol. The zero-order valence-corrected chi connectivity index (χ0v) is 12.4. The van der Waals surface area contributed by atoms with Crippen LogP contribution in [-0.4, -0.2) is 7.05 Å². The van der Waals surface area contributed by atoms with Crippen molar-refractivity contribution in [3.8, 4) is 0 Å². The van der Waals surface area contributed by atoms with E-state index >= 15 is 0 Å². The molecule has 0 aliphatic rings. The molecule has 0 saturated heterocycles. The molecule has 0 amide bonds. The van der Waals surface area contributed by atoms with Crippen molar-refractivity contribution in [1.82, 2.24) is 5.32 Å². The van der Waals surface area contributed by atoms with E-state index in [1.165, 1.54) is 12.1 Å². The van der Waals surface area contributed by atoms with Crippen LogP contribution in [0.5, 0.6) is 0 Å². The van der Waals surface area contributed by atoms with Crippen LogP contribution in [0.1, 0.15) is 28.3 Å². The molecule has 0 saturated carbocycles. The van der Waals surface area contributed by atoms with E-state index in [4.69, 9.17) is 11.6 Å². The standard InChI is InChI=1S/C16H16ClF2N/c1-9-7-15(19)12(8-14(9)18)16(20-3)11-5-4-6-13(17)10(11)2/h4-8,16,20H,1-3H3. The van der Waals surface area contributed by atoms with Gasteiger partial charge in [-0.2, -0.15) is 0 Å². The Labute approximate surface area is 122 Å². The third-order valence-corrected chi connectivity index (χ3v) is 3.91. The molecular weight excluding hydrogens is 280 g/mol. The van der Waals surface area contributed by atoms with Crippen LogP contribution < -0.4 is 5.32 Å². The maximum atomic E-state index is 14.1. The molecule has 20 heavy (non-hydrogen) atoms. The number of aryl methyl sites for hydroxylation is 1. The SMILES string of the molecule is CNC(c1cc(F)c(C)cc1F)c1cccc(Cl)c1C. The lowest BCUT2D eigenvalue weighted by Crippen LogP contribution is -2.20. The van der Waals surface area contributed by atoms with Crippen LogP contribution >= 0.6 is 11.6 Å². The Morgan fingerprint density at radius 2 is 1.75 bits per heavy atom. The van der Waals surface area contributed by atoms with E-state index in [2.05, 4.69) is 5.32 Å². The molecule has 4 heteroatoms. The smallest absolute Gasteiger partial charge is 0.128 e. The molecule has 1 N–H and O–H groups in total. The Balaban J connectivity index is 2.58. The number of hydrogen-bond donors (Lipinski definition) is 1. The quantitative estimate of drug-likeness (QED) is 0.876. The fraction of sp³-hybridized carbons (Fsp3) is 0.250. The summed E-state index contributed by atoms with van der Waals surface area (Å²) in [5.41, 5.74) is 2.26. The van der Waals surface area contributed by atoms with E-state index in [-0.39, 0.29) is 5.56 Å². The van der Waals surface area contributed by atoms with Gasteiger partial charge >= 0.3 is 0 Å². The Morgan fingerprint density at radius 1 is 1.05 bits per heavy atom. The van der Waals surface area contributed by atoms with Crippen molar-refractivity contribution in [3.63, 3.8) is 0 Å². The van der Waals surface area contributed by atoms with Gasteiger partial charge in [-0.05, 0) is 55.8 Å². The first-order valence-electron chi connectivity index (χ1n) is 6.33. The highest BCUT2D eigenvalue weighted by Gasteiger charge is 2.20. The Kier molecular flexibility index (Phi) is 4.41. The van der Waals surface area contributed by atoms with Crippen LogP contribution in [0, 0.1) is 25.5 Å². The number of benzene rings is 2. The van der Waals surface area contributed by atoms with Gasteiger partial charge in [-0.3, -0.25) is 0 Å². The van der Waals surface area contributed by atoms with Crippen LogP contribution in [0.3, 0.4) is 0 Å². The van der Waals surface area contributed by atoms with Gasteiger partial charge in [0.2, 0.25) is 0 Å². The molecule has 0 radical (unpaired) electrons. The normalized spacial score (nSPS) is 12.5. The second kappa shape index (κ2) is 5.90.